The van der Waals surface area contributed by atoms with E-state index in [-0.39, 0.29) is 6.04 Å². The van der Waals surface area contributed by atoms with E-state index in [1.54, 1.807) is 0 Å². The highest BCUT2D eigenvalue weighted by molar-refractivity contribution is 5.79. The monoisotopic (exact) mass is 277 g/mol. The average molecular weight is 277 g/mol. The Hall–Kier alpha value is -2.23. The van der Waals surface area contributed by atoms with Gasteiger partial charge in [-0.15, -0.1) is 0 Å². The molecule has 3 N–H and O–H groups in total. The van der Waals surface area contributed by atoms with Crippen LogP contribution in [0.15, 0.2) is 54.7 Å². The third kappa shape index (κ3) is 2.66. The summed E-state index contributed by atoms with van der Waals surface area (Å²) < 4.78 is 0. The van der Waals surface area contributed by atoms with E-state index in [1.165, 1.54) is 16.7 Å². The van der Waals surface area contributed by atoms with Gasteiger partial charge in [-0.2, -0.15) is 0 Å². The molecule has 1 atom stereocenters. The molecule has 1 unspecified atom stereocenters. The fourth-order valence-corrected chi connectivity index (χ4v) is 2.79. The van der Waals surface area contributed by atoms with Crippen LogP contribution in [0.2, 0.25) is 0 Å². The summed E-state index contributed by atoms with van der Waals surface area (Å²) in [5, 5.41) is 1.13. The number of nitrogens with zero attached hydrogens (tertiary/aromatic N) is 1. The average Bonchev–Trinajstić information content (AvgIpc) is 2.50. The molecule has 0 bridgehead atoms. The van der Waals surface area contributed by atoms with Gasteiger partial charge < -0.3 is 0 Å². The topological polar surface area (TPSA) is 50.9 Å². The number of aromatic nitrogens is 1. The van der Waals surface area contributed by atoms with Crippen LogP contribution in [0.5, 0.6) is 0 Å². The first kappa shape index (κ1) is 13.7. The fourth-order valence-electron chi connectivity index (χ4n) is 2.79. The molecular weight excluding hydrogens is 258 g/mol. The SMILES string of the molecule is Cc1ccc(C(NN)c2ccc3ncccc3c2)c(C)c1. The lowest BCUT2D eigenvalue weighted by Crippen LogP contribution is -2.29. The standard InChI is InChI=1S/C18H19N3/c1-12-5-7-16(13(2)10-12)18(21-19)15-6-8-17-14(11-15)4-3-9-20-17/h3-11,18,21H,19H2,1-2H3. The van der Waals surface area contributed by atoms with Crippen LogP contribution in [0.25, 0.3) is 10.9 Å². The summed E-state index contributed by atoms with van der Waals surface area (Å²) in [5.41, 5.74) is 8.78. The van der Waals surface area contributed by atoms with Crippen LogP contribution in [-0.4, -0.2) is 4.98 Å². The van der Waals surface area contributed by atoms with Crippen LogP contribution in [0, 0.1) is 13.8 Å². The van der Waals surface area contributed by atoms with E-state index in [0.29, 0.717) is 0 Å². The minimum Gasteiger partial charge on any atom is -0.271 e. The number of nitrogens with two attached hydrogens (primary N) is 1. The molecule has 0 amide bonds. The van der Waals surface area contributed by atoms with Gasteiger partial charge in [0.05, 0.1) is 11.6 Å². The molecule has 2 aromatic carbocycles. The maximum absolute atomic E-state index is 5.82. The number of fused-ring (bicyclic) bond motifs is 1. The third-order valence-corrected chi connectivity index (χ3v) is 3.86. The van der Waals surface area contributed by atoms with Gasteiger partial charge in [0.1, 0.15) is 0 Å². The van der Waals surface area contributed by atoms with Gasteiger partial charge in [-0.1, -0.05) is 35.9 Å². The van der Waals surface area contributed by atoms with E-state index in [9.17, 15) is 0 Å². The van der Waals surface area contributed by atoms with Crippen LogP contribution in [0.1, 0.15) is 28.3 Å². The molecule has 3 aromatic rings. The summed E-state index contributed by atoms with van der Waals surface area (Å²) in [6, 6.07) is 16.7. The summed E-state index contributed by atoms with van der Waals surface area (Å²) in [7, 11) is 0. The zero-order valence-electron chi connectivity index (χ0n) is 12.3. The second-order valence-electron chi connectivity index (χ2n) is 5.42. The largest absolute Gasteiger partial charge is 0.271 e. The Morgan fingerprint density at radius 1 is 1.05 bits per heavy atom. The Balaban J connectivity index is 2.09. The highest BCUT2D eigenvalue weighted by Crippen LogP contribution is 2.27. The normalized spacial score (nSPS) is 12.5. The van der Waals surface area contributed by atoms with E-state index in [1.807, 2.05) is 18.3 Å². The predicted molar refractivity (Wildman–Crippen MR) is 86.8 cm³/mol. The summed E-state index contributed by atoms with van der Waals surface area (Å²) in [5.74, 6) is 5.82. The van der Waals surface area contributed by atoms with Gasteiger partial charge in [-0.25, -0.2) is 5.43 Å². The Kier molecular flexibility index (Phi) is 3.69. The number of nitrogens with one attached hydrogen (secondary N) is 1. The van der Waals surface area contributed by atoms with Crippen molar-refractivity contribution < 1.29 is 0 Å². The quantitative estimate of drug-likeness (QED) is 0.570. The van der Waals surface area contributed by atoms with Crippen molar-refractivity contribution in [3.63, 3.8) is 0 Å². The second kappa shape index (κ2) is 5.64. The molecule has 1 heterocycles. The van der Waals surface area contributed by atoms with E-state index in [0.717, 1.165) is 16.5 Å². The van der Waals surface area contributed by atoms with Crippen LogP contribution < -0.4 is 11.3 Å². The number of hydrogen-bond donors (Lipinski definition) is 2. The van der Waals surface area contributed by atoms with Crippen LogP contribution in [0.3, 0.4) is 0 Å². The first-order valence-electron chi connectivity index (χ1n) is 7.07. The minimum atomic E-state index is -0.0183. The Morgan fingerprint density at radius 2 is 1.90 bits per heavy atom. The maximum Gasteiger partial charge on any atom is 0.0712 e. The number of benzene rings is 2. The van der Waals surface area contributed by atoms with Crippen molar-refractivity contribution in [2.45, 2.75) is 19.9 Å². The number of hydrazine groups is 1. The van der Waals surface area contributed by atoms with Gasteiger partial charge in [0, 0.05) is 11.6 Å². The van der Waals surface area contributed by atoms with Gasteiger partial charge in [-0.05, 0) is 48.7 Å². The molecule has 0 saturated carbocycles. The lowest BCUT2D eigenvalue weighted by atomic mass is 9.93. The van der Waals surface area contributed by atoms with Crippen LogP contribution >= 0.6 is 0 Å². The van der Waals surface area contributed by atoms with Crippen molar-refractivity contribution in [1.82, 2.24) is 10.4 Å². The summed E-state index contributed by atoms with van der Waals surface area (Å²) in [6.45, 7) is 4.22. The van der Waals surface area contributed by atoms with Crippen LogP contribution in [-0.2, 0) is 0 Å². The van der Waals surface area contributed by atoms with E-state index >= 15 is 0 Å². The first-order chi connectivity index (χ1) is 10.2. The lowest BCUT2D eigenvalue weighted by molar-refractivity contribution is 0.634. The van der Waals surface area contributed by atoms with Crippen LogP contribution in [0.4, 0.5) is 0 Å². The molecule has 0 fully saturated rings. The molecule has 3 nitrogen and oxygen atoms in total. The maximum atomic E-state index is 5.82. The Bertz CT molecular complexity index is 780. The summed E-state index contributed by atoms with van der Waals surface area (Å²) >= 11 is 0. The molecule has 0 aliphatic rings. The van der Waals surface area contributed by atoms with E-state index < -0.39 is 0 Å². The number of hydrogen-bond acceptors (Lipinski definition) is 3. The first-order valence-corrected chi connectivity index (χ1v) is 7.07. The molecule has 0 aliphatic heterocycles. The fraction of sp³-hybridized carbons (Fsp3) is 0.167. The van der Waals surface area contributed by atoms with Gasteiger partial charge >= 0.3 is 0 Å². The van der Waals surface area contributed by atoms with Crippen molar-refractivity contribution >= 4 is 10.9 Å². The molecule has 21 heavy (non-hydrogen) atoms. The summed E-state index contributed by atoms with van der Waals surface area (Å²) in [4.78, 5) is 4.36. The molecule has 0 radical (unpaired) electrons. The highest BCUT2D eigenvalue weighted by atomic mass is 15.2. The molecule has 1 aromatic heterocycles. The highest BCUT2D eigenvalue weighted by Gasteiger charge is 2.15. The molecule has 106 valence electrons. The van der Waals surface area contributed by atoms with Gasteiger partial charge in [0.25, 0.3) is 0 Å². The molecule has 0 spiro atoms. The van der Waals surface area contributed by atoms with Crippen molar-refractivity contribution in [2.75, 3.05) is 0 Å². The second-order valence-corrected chi connectivity index (χ2v) is 5.42. The zero-order chi connectivity index (χ0) is 14.8. The Morgan fingerprint density at radius 3 is 2.67 bits per heavy atom. The van der Waals surface area contributed by atoms with Crippen molar-refractivity contribution in [3.8, 4) is 0 Å². The zero-order valence-corrected chi connectivity index (χ0v) is 12.3. The minimum absolute atomic E-state index is 0.0183. The van der Waals surface area contributed by atoms with Crippen molar-refractivity contribution in [3.05, 3.63) is 77.0 Å². The van der Waals surface area contributed by atoms with Crippen molar-refractivity contribution in [1.29, 1.82) is 0 Å². The molecule has 3 rings (SSSR count). The Labute approximate surface area is 124 Å². The molecular formula is C18H19N3. The van der Waals surface area contributed by atoms with E-state index in [2.05, 4.69) is 60.7 Å². The van der Waals surface area contributed by atoms with Gasteiger partial charge in [0.2, 0.25) is 0 Å². The lowest BCUT2D eigenvalue weighted by Gasteiger charge is -2.20. The molecule has 0 aliphatic carbocycles. The molecule has 3 heteroatoms. The predicted octanol–water partition coefficient (Wildman–Crippen LogP) is 3.40. The third-order valence-electron chi connectivity index (χ3n) is 3.86. The smallest absolute Gasteiger partial charge is 0.0712 e. The van der Waals surface area contributed by atoms with E-state index in [4.69, 9.17) is 5.84 Å². The number of aryl methyl sites for hydroxylation is 2. The molecule has 0 saturated heterocycles. The summed E-state index contributed by atoms with van der Waals surface area (Å²) in [6.07, 6.45) is 1.81. The number of rotatable bonds is 3. The van der Waals surface area contributed by atoms with Crippen molar-refractivity contribution in [2.24, 2.45) is 5.84 Å². The number of pyridine rings is 1. The van der Waals surface area contributed by atoms with Gasteiger partial charge in [0.15, 0.2) is 0 Å². The van der Waals surface area contributed by atoms with Gasteiger partial charge in [-0.3, -0.25) is 10.8 Å².